The van der Waals surface area contributed by atoms with Crippen LogP contribution < -0.4 is 16.0 Å². The fraction of sp³-hybridized carbons (Fsp3) is 0.333. The smallest absolute Gasteiger partial charge is 0.435 e. The van der Waals surface area contributed by atoms with E-state index in [0.717, 1.165) is 18.7 Å². The molecule has 0 radical (unpaired) electrons. The largest absolute Gasteiger partial charge is 0.483 e. The molecule has 0 atom stereocenters. The third-order valence-electron chi connectivity index (χ3n) is 7.30. The Morgan fingerprint density at radius 1 is 1.11 bits per heavy atom. The predicted octanol–water partition coefficient (Wildman–Crippen LogP) is 2.33. The molecule has 2 saturated heterocycles. The number of carbonyl (C=O) groups excluding carboxylic acids is 2. The van der Waals surface area contributed by atoms with Crippen LogP contribution in [0.25, 0.3) is 16.9 Å². The summed E-state index contributed by atoms with van der Waals surface area (Å²) in [6, 6.07) is 5.32. The van der Waals surface area contributed by atoms with E-state index in [1.807, 2.05) is 6.92 Å². The number of benzene rings is 1. The van der Waals surface area contributed by atoms with Gasteiger partial charge in [0.2, 0.25) is 0 Å². The number of hydrogen-bond donors (Lipinski definition) is 5. The van der Waals surface area contributed by atoms with Crippen molar-refractivity contribution in [3.63, 3.8) is 0 Å². The maximum atomic E-state index is 13.4. The lowest BCUT2D eigenvalue weighted by Gasteiger charge is -2.37. The Balaban J connectivity index is 0.00000123. The Morgan fingerprint density at radius 3 is 2.45 bits per heavy atom. The zero-order chi connectivity index (χ0) is 31.4. The van der Waals surface area contributed by atoms with Crippen LogP contribution >= 0.6 is 0 Å². The molecule has 17 heteroatoms. The van der Waals surface area contributed by atoms with Crippen LogP contribution in [0.5, 0.6) is 0 Å². The van der Waals surface area contributed by atoms with Gasteiger partial charge in [-0.05, 0) is 30.7 Å². The number of urea groups is 1. The quantitative estimate of drug-likeness (QED) is 0.212. The summed E-state index contributed by atoms with van der Waals surface area (Å²) in [5.74, 6) is 0.220. The number of H-pyrrole nitrogens is 1. The Kier molecular flexibility index (Phi) is 8.66. The number of amides is 3. The number of nitrogens with zero attached hydrogens (tertiary/aromatic N) is 6. The van der Waals surface area contributed by atoms with Gasteiger partial charge in [-0.1, -0.05) is 0 Å². The molecular formula is C27H29F3N10O4. The predicted molar refractivity (Wildman–Crippen MR) is 151 cm³/mol. The van der Waals surface area contributed by atoms with Crippen LogP contribution in [0.1, 0.15) is 21.6 Å². The van der Waals surface area contributed by atoms with Crippen molar-refractivity contribution in [2.75, 3.05) is 44.6 Å². The van der Waals surface area contributed by atoms with Gasteiger partial charge in [0.15, 0.2) is 17.2 Å². The van der Waals surface area contributed by atoms with Crippen molar-refractivity contribution in [2.24, 2.45) is 0 Å². The van der Waals surface area contributed by atoms with Gasteiger partial charge in [-0.3, -0.25) is 19.1 Å². The maximum absolute atomic E-state index is 13.4. The first kappa shape index (κ1) is 30.3. The van der Waals surface area contributed by atoms with Gasteiger partial charge >= 0.3 is 12.2 Å². The summed E-state index contributed by atoms with van der Waals surface area (Å²) in [7, 11) is 0. The van der Waals surface area contributed by atoms with Crippen molar-refractivity contribution in [2.45, 2.75) is 19.1 Å². The van der Waals surface area contributed by atoms with E-state index < -0.39 is 11.9 Å². The zero-order valence-corrected chi connectivity index (χ0v) is 23.4. The van der Waals surface area contributed by atoms with Gasteiger partial charge in [-0.25, -0.2) is 14.8 Å². The number of nitrogens with one attached hydrogen (secondary N) is 4. The number of aryl methyl sites for hydroxylation is 1. The van der Waals surface area contributed by atoms with Crippen LogP contribution in [0.15, 0.2) is 43.0 Å². The third kappa shape index (κ3) is 6.26. The van der Waals surface area contributed by atoms with E-state index in [2.05, 4.69) is 36.1 Å². The van der Waals surface area contributed by atoms with Crippen LogP contribution in [0.2, 0.25) is 0 Å². The van der Waals surface area contributed by atoms with Crippen molar-refractivity contribution in [3.8, 4) is 11.3 Å². The number of halogens is 3. The number of fused-ring (bicyclic) bond motifs is 1. The van der Waals surface area contributed by atoms with E-state index in [1.54, 1.807) is 28.0 Å². The lowest BCUT2D eigenvalue weighted by atomic mass is 10.1. The maximum Gasteiger partial charge on any atom is 0.435 e. The summed E-state index contributed by atoms with van der Waals surface area (Å²) in [6.45, 7) is 4.93. The van der Waals surface area contributed by atoms with Crippen molar-refractivity contribution >= 4 is 35.6 Å². The van der Waals surface area contributed by atoms with Crippen LogP contribution in [-0.4, -0.2) is 103 Å². The van der Waals surface area contributed by atoms with E-state index in [-0.39, 0.29) is 35.7 Å². The molecule has 0 spiro atoms. The number of alkyl halides is 3. The van der Waals surface area contributed by atoms with Crippen LogP contribution in [-0.2, 0) is 11.0 Å². The van der Waals surface area contributed by atoms with Gasteiger partial charge < -0.3 is 30.9 Å². The molecule has 0 aliphatic carbocycles. The van der Waals surface area contributed by atoms with Crippen molar-refractivity contribution in [1.29, 1.82) is 0 Å². The molecule has 3 aromatic heterocycles. The number of aromatic amines is 1. The van der Waals surface area contributed by atoms with E-state index in [1.165, 1.54) is 29.2 Å². The molecule has 2 fully saturated rings. The van der Waals surface area contributed by atoms with Crippen LogP contribution in [0, 0.1) is 6.92 Å². The summed E-state index contributed by atoms with van der Waals surface area (Å²) < 4.78 is 41.7. The first-order valence-corrected chi connectivity index (χ1v) is 13.5. The third-order valence-corrected chi connectivity index (χ3v) is 7.30. The number of anilines is 2. The average molecular weight is 615 g/mol. The second kappa shape index (κ2) is 12.6. The highest BCUT2D eigenvalue weighted by Crippen LogP contribution is 2.36. The summed E-state index contributed by atoms with van der Waals surface area (Å²) in [5.41, 5.74) is 1.29. The van der Waals surface area contributed by atoms with Gasteiger partial charge in [0.25, 0.3) is 12.4 Å². The Morgan fingerprint density at radius 2 is 1.82 bits per heavy atom. The molecule has 6 rings (SSSR count). The lowest BCUT2D eigenvalue weighted by molar-refractivity contribution is -0.140. The van der Waals surface area contributed by atoms with Crippen LogP contribution in [0.4, 0.5) is 29.5 Å². The summed E-state index contributed by atoms with van der Waals surface area (Å²) in [4.78, 5) is 46.1. The fourth-order valence-corrected chi connectivity index (χ4v) is 4.97. The highest BCUT2D eigenvalue weighted by molar-refractivity contribution is 5.96. The topological polar surface area (TPSA) is 173 Å². The number of imidazole rings is 1. The van der Waals surface area contributed by atoms with E-state index in [0.29, 0.717) is 48.9 Å². The molecule has 5 N–H and O–H groups in total. The molecule has 0 bridgehead atoms. The molecule has 5 heterocycles. The van der Waals surface area contributed by atoms with Crippen molar-refractivity contribution in [3.05, 3.63) is 59.8 Å². The fourth-order valence-electron chi connectivity index (χ4n) is 4.97. The molecule has 0 saturated carbocycles. The summed E-state index contributed by atoms with van der Waals surface area (Å²) >= 11 is 0. The minimum absolute atomic E-state index is 0.103. The molecule has 3 amide bonds. The molecule has 0 unspecified atom stereocenters. The normalized spacial score (nSPS) is 15.3. The minimum atomic E-state index is -4.63. The number of hydrogen-bond acceptors (Lipinski definition) is 8. The Hall–Kier alpha value is -5.19. The van der Waals surface area contributed by atoms with Gasteiger partial charge in [0.1, 0.15) is 0 Å². The highest BCUT2D eigenvalue weighted by atomic mass is 19.4. The Labute approximate surface area is 248 Å². The van der Waals surface area contributed by atoms with Gasteiger partial charge in [0, 0.05) is 69.1 Å². The first-order chi connectivity index (χ1) is 21.1. The Bertz CT molecular complexity index is 1660. The van der Waals surface area contributed by atoms with Crippen molar-refractivity contribution in [1.82, 2.24) is 45.0 Å². The van der Waals surface area contributed by atoms with Crippen LogP contribution in [0.3, 0.4) is 0 Å². The number of rotatable bonds is 5. The molecule has 1 aromatic carbocycles. The second-order valence-electron chi connectivity index (χ2n) is 10.1. The van der Waals surface area contributed by atoms with Gasteiger partial charge in [-0.15, -0.1) is 0 Å². The minimum Gasteiger partial charge on any atom is -0.483 e. The second-order valence-corrected chi connectivity index (χ2v) is 10.1. The number of piperazine rings is 1. The summed E-state index contributed by atoms with van der Waals surface area (Å²) in [5, 5.41) is 21.8. The molecule has 232 valence electrons. The lowest BCUT2D eigenvalue weighted by Crippen LogP contribution is -2.61. The highest BCUT2D eigenvalue weighted by Gasteiger charge is 2.37. The molecule has 2 aliphatic heterocycles. The molecule has 44 heavy (non-hydrogen) atoms. The first-order valence-electron chi connectivity index (χ1n) is 13.5. The van der Waals surface area contributed by atoms with E-state index in [9.17, 15) is 22.8 Å². The zero-order valence-electron chi connectivity index (χ0n) is 23.4. The number of carbonyl (C=O) groups is 3. The number of carboxylic acid groups (broad SMARTS) is 1. The summed E-state index contributed by atoms with van der Waals surface area (Å²) in [6.07, 6.45) is 0.877. The van der Waals surface area contributed by atoms with Gasteiger partial charge in [0.05, 0.1) is 23.5 Å². The SMILES string of the molecule is Cc1cc(Nc2nccn3c(-c4c[nH]nc4C(F)(F)F)cnc23)ccc1C(=O)N1CCN(C(=O)NC2CNC2)CC1.O=CO. The van der Waals surface area contributed by atoms with E-state index >= 15 is 0 Å². The number of aromatic nitrogens is 5. The molecule has 2 aliphatic rings. The van der Waals surface area contributed by atoms with Gasteiger partial charge in [-0.2, -0.15) is 18.3 Å². The molecular weight excluding hydrogens is 585 g/mol. The standard InChI is InChI=1S/C26H27F3N10O2.CH2O2/c1-15-10-16(2-3-18(15)24(40)37-6-8-38(9-7-37)25(41)35-17-11-30-12-17)34-22-23-32-14-20(39(23)5-4-31-22)19-13-33-36-21(19)26(27,28)29;2-1-3/h2-5,10,13-14,17,30H,6-9,11-12H2,1H3,(H,31,34)(H,33,36)(H,35,41);1H,(H,2,3). The monoisotopic (exact) mass is 614 g/mol. The van der Waals surface area contributed by atoms with Crippen molar-refractivity contribution < 1.29 is 32.7 Å². The van der Waals surface area contributed by atoms with E-state index in [4.69, 9.17) is 9.90 Å². The molecule has 4 aromatic rings. The molecule has 14 nitrogen and oxygen atoms in total. The average Bonchev–Trinajstić information content (AvgIpc) is 3.63.